The Hall–Kier alpha value is -2.37. The summed E-state index contributed by atoms with van der Waals surface area (Å²) in [6.45, 7) is 24.8. The molecule has 0 heterocycles. The minimum absolute atomic E-state index is 0.0886. The van der Waals surface area contributed by atoms with Crippen molar-refractivity contribution in [2.45, 2.75) is 297 Å². The predicted molar refractivity (Wildman–Crippen MR) is 310 cm³/mol. The van der Waals surface area contributed by atoms with Crippen molar-refractivity contribution < 1.29 is 19.5 Å². The van der Waals surface area contributed by atoms with Gasteiger partial charge in [-0.2, -0.15) is 0 Å². The average Bonchev–Trinajstić information content (AvgIpc) is 3.78. The van der Waals surface area contributed by atoms with Gasteiger partial charge in [-0.05, 0) is 130 Å². The Morgan fingerprint density at radius 3 is 1.45 bits per heavy atom. The Morgan fingerprint density at radius 2 is 0.944 bits per heavy atom. The van der Waals surface area contributed by atoms with Crippen LogP contribution in [0.5, 0.6) is 0 Å². The molecule has 3 N–H and O–H groups in total. The van der Waals surface area contributed by atoms with E-state index >= 15 is 0 Å². The van der Waals surface area contributed by atoms with Crippen LogP contribution in [0.2, 0.25) is 0 Å². The zero-order valence-corrected chi connectivity index (χ0v) is 48.0. The fourth-order valence-electron chi connectivity index (χ4n) is 11.7. The molecule has 2 aliphatic rings. The third-order valence-corrected chi connectivity index (χ3v) is 17.8. The van der Waals surface area contributed by atoms with Crippen LogP contribution >= 0.6 is 0 Å². The topological polar surface area (TPSA) is 62.5 Å². The van der Waals surface area contributed by atoms with Gasteiger partial charge in [0, 0.05) is 30.6 Å². The molecule has 0 spiro atoms. The van der Waals surface area contributed by atoms with E-state index in [0.717, 1.165) is 23.8 Å². The van der Waals surface area contributed by atoms with Crippen LogP contribution < -0.4 is 10.9 Å². The third-order valence-electron chi connectivity index (χ3n) is 17.8. The molecule has 0 bridgehead atoms. The third kappa shape index (κ3) is 15.8. The van der Waals surface area contributed by atoms with Gasteiger partial charge in [-0.15, -0.1) is 0 Å². The molecular weight excluding hydrogens is 866 g/mol. The largest absolute Gasteiger partial charge is 0.624 e. The Labute approximate surface area is 439 Å². The first-order valence-corrected chi connectivity index (χ1v) is 29.8. The first-order valence-electron chi connectivity index (χ1n) is 29.8. The molecule has 0 saturated carbocycles. The van der Waals surface area contributed by atoms with Gasteiger partial charge in [0.25, 0.3) is 0 Å². The van der Waals surface area contributed by atoms with Crippen molar-refractivity contribution >= 4 is 25.9 Å². The van der Waals surface area contributed by atoms with E-state index in [1.54, 1.807) is 11.1 Å². The molecule has 5 rings (SSSR count). The van der Waals surface area contributed by atoms with Crippen molar-refractivity contribution in [3.63, 3.8) is 0 Å². The van der Waals surface area contributed by atoms with Gasteiger partial charge in [0.2, 0.25) is 0 Å². The number of hydrogen-bond acceptors (Lipinski definition) is 3. The van der Waals surface area contributed by atoms with E-state index in [2.05, 4.69) is 76.2 Å². The van der Waals surface area contributed by atoms with Crippen LogP contribution in [-0.2, 0) is 10.1 Å². The smallest absolute Gasteiger partial charge is 0.530 e. The molecule has 2 aliphatic carbocycles. The zero-order valence-electron chi connectivity index (χ0n) is 48.0. The van der Waals surface area contributed by atoms with Crippen molar-refractivity contribution in [3.05, 3.63) is 70.8 Å². The summed E-state index contributed by atoms with van der Waals surface area (Å²) in [6.07, 6.45) is 36.2. The van der Waals surface area contributed by atoms with Crippen LogP contribution in [0.25, 0.3) is 22.3 Å². The minimum Gasteiger partial charge on any atom is -0.530 e. The van der Waals surface area contributed by atoms with Crippen molar-refractivity contribution in [1.82, 2.24) is 0 Å². The first kappa shape index (κ1) is 59.5. The quantitative estimate of drug-likeness (QED) is 0.0344. The van der Waals surface area contributed by atoms with Crippen molar-refractivity contribution in [3.8, 4) is 22.3 Å². The highest BCUT2D eigenvalue weighted by Gasteiger charge is 2.46. The van der Waals surface area contributed by atoms with E-state index in [1.807, 2.05) is 70.4 Å². The second kappa shape index (κ2) is 28.0. The lowest BCUT2D eigenvalue weighted by Crippen LogP contribution is -2.51. The molecule has 0 fully saturated rings. The van der Waals surface area contributed by atoms with Crippen molar-refractivity contribution in [2.24, 2.45) is 5.92 Å². The summed E-state index contributed by atoms with van der Waals surface area (Å²) in [5, 5.41) is 22.1. The van der Waals surface area contributed by atoms with Gasteiger partial charge in [-0.1, -0.05) is 224 Å². The zero-order chi connectivity index (χ0) is 51.7. The maximum absolute atomic E-state index is 11.1. The molecule has 394 valence electrons. The van der Waals surface area contributed by atoms with E-state index in [-0.39, 0.29) is 5.41 Å². The van der Waals surface area contributed by atoms with Crippen LogP contribution in [0.1, 0.15) is 291 Å². The Kier molecular flexibility index (Phi) is 23.4. The van der Waals surface area contributed by atoms with Gasteiger partial charge in [-0.3, -0.25) is 0 Å². The Balaban J connectivity index is 1.68. The summed E-state index contributed by atoms with van der Waals surface area (Å²) in [5.74, 6) is 0.892. The molecule has 4 nitrogen and oxygen atoms in total. The van der Waals surface area contributed by atoms with Gasteiger partial charge in [0.1, 0.15) is 5.60 Å². The molecule has 0 saturated heterocycles. The SMILES string of the molecule is CCCCCCCCC(CCCCCCCC)C1c2cc([B][OH+]C(C)(C)C(C)(C)O)ccc2-c2cc3c(cc21)-c1ccc([B]OC(C)(C)C(C)(C)O)cc1C3(CCCCCCCC)CCCCCCCC. The highest BCUT2D eigenvalue weighted by Crippen LogP contribution is 2.59. The molecule has 3 aromatic rings. The summed E-state index contributed by atoms with van der Waals surface area (Å²) in [6, 6.07) is 19.9. The molecule has 1 atom stereocenters. The highest BCUT2D eigenvalue weighted by molar-refractivity contribution is 6.47. The van der Waals surface area contributed by atoms with E-state index in [4.69, 9.17) is 9.31 Å². The summed E-state index contributed by atoms with van der Waals surface area (Å²) in [7, 11) is 3.96. The van der Waals surface area contributed by atoms with E-state index in [0.29, 0.717) is 11.8 Å². The second-order valence-corrected chi connectivity index (χ2v) is 24.8. The molecule has 0 aliphatic heterocycles. The van der Waals surface area contributed by atoms with Crippen LogP contribution in [-0.4, -0.2) is 52.2 Å². The summed E-state index contributed by atoms with van der Waals surface area (Å²) in [4.78, 5) is 0. The highest BCUT2D eigenvalue weighted by atomic mass is 16.5. The fourth-order valence-corrected chi connectivity index (χ4v) is 11.7. The summed E-state index contributed by atoms with van der Waals surface area (Å²) >= 11 is 0. The molecule has 3 aromatic carbocycles. The number of fused-ring (bicyclic) bond motifs is 6. The van der Waals surface area contributed by atoms with E-state index in [1.165, 1.54) is 200 Å². The van der Waals surface area contributed by atoms with Gasteiger partial charge in [-0.25, -0.2) is 0 Å². The summed E-state index contributed by atoms with van der Waals surface area (Å²) < 4.78 is 11.5. The van der Waals surface area contributed by atoms with Gasteiger partial charge < -0.3 is 19.5 Å². The summed E-state index contributed by atoms with van der Waals surface area (Å²) in [5.41, 5.74) is 10.7. The molecule has 71 heavy (non-hydrogen) atoms. The normalized spacial score (nSPS) is 15.3. The number of unbranched alkanes of at least 4 members (excludes halogenated alkanes) is 20. The van der Waals surface area contributed by atoms with E-state index < -0.39 is 22.4 Å². The van der Waals surface area contributed by atoms with Gasteiger partial charge in [0.05, 0.1) is 11.2 Å². The maximum Gasteiger partial charge on any atom is 0.624 e. The van der Waals surface area contributed by atoms with E-state index in [9.17, 15) is 10.2 Å². The maximum atomic E-state index is 11.1. The molecular formula is C65H105B2O4+. The number of rotatable bonds is 37. The Bertz CT molecular complexity index is 2010. The van der Waals surface area contributed by atoms with Gasteiger partial charge in [0.15, 0.2) is 5.60 Å². The van der Waals surface area contributed by atoms with Crippen molar-refractivity contribution in [1.29, 1.82) is 0 Å². The van der Waals surface area contributed by atoms with Gasteiger partial charge >= 0.3 is 15.0 Å². The molecule has 0 amide bonds. The number of aliphatic hydroxyl groups is 3. The predicted octanol–water partition coefficient (Wildman–Crippen LogP) is 16.8. The lowest BCUT2D eigenvalue weighted by molar-refractivity contribution is -0.157. The van der Waals surface area contributed by atoms with Crippen LogP contribution in [0.3, 0.4) is 0 Å². The number of benzene rings is 3. The standard InChI is InChI=1S/C65H105B2O4/c1-13-17-21-25-29-33-37-49(38-34-30-26-22-18-14-2)60-56-45-50(66-70-63(9,10)61(5,6)68)39-41-52(56)54-48-59-55(47-57(54)60)53-42-40-51(67-71-64(11,12)62(7,8)69)46-58(53)65(59,43-35-31-27-23-19-15-3)44-36-32-28-24-20-16-4/h39-42,45-49,60,68-70H,13-38,43-44H2,1-12H3/q+1. The number of hydrogen-bond donors (Lipinski definition) is 2. The van der Waals surface area contributed by atoms with Crippen LogP contribution in [0.15, 0.2) is 48.5 Å². The first-order chi connectivity index (χ1) is 33.9. The Morgan fingerprint density at radius 1 is 0.493 bits per heavy atom. The lowest BCUT2D eigenvalue weighted by Gasteiger charge is -2.37. The fraction of sp³-hybridized carbons (Fsp3) is 0.723. The van der Waals surface area contributed by atoms with Crippen molar-refractivity contribution in [2.75, 3.05) is 0 Å². The van der Waals surface area contributed by atoms with Crippen LogP contribution in [0, 0.1) is 5.92 Å². The molecule has 0 aromatic heterocycles. The molecule has 2 radical (unpaired) electrons. The molecule has 6 heteroatoms. The molecule has 1 unspecified atom stereocenters. The monoisotopic (exact) mass is 972 g/mol. The van der Waals surface area contributed by atoms with Crippen LogP contribution in [0.4, 0.5) is 0 Å². The minimum atomic E-state index is -0.994. The average molecular weight is 972 g/mol. The second-order valence-electron chi connectivity index (χ2n) is 24.8. The lowest BCUT2D eigenvalue weighted by atomic mass is 9.69.